The summed E-state index contributed by atoms with van der Waals surface area (Å²) in [5.74, 6) is 0. The Hall–Kier alpha value is -10.9. The lowest BCUT2D eigenvalue weighted by molar-refractivity contribution is 1.17. The third-order valence-corrected chi connectivity index (χ3v) is 17.2. The summed E-state index contributed by atoms with van der Waals surface area (Å²) in [6, 6.07) is 112. The van der Waals surface area contributed by atoms with Gasteiger partial charge in [0.1, 0.15) is 0 Å². The number of rotatable bonds is 8. The fourth-order valence-corrected chi connectivity index (χ4v) is 13.6. The zero-order chi connectivity index (χ0) is 53.8. The molecule has 382 valence electrons. The van der Waals surface area contributed by atoms with Crippen LogP contribution in [0.5, 0.6) is 0 Å². The van der Waals surface area contributed by atoms with Gasteiger partial charge in [-0.2, -0.15) is 0 Å². The summed E-state index contributed by atoms with van der Waals surface area (Å²) in [5.41, 5.74) is 23.4. The van der Waals surface area contributed by atoms with Crippen molar-refractivity contribution in [2.75, 3.05) is 0 Å². The number of benzene rings is 13. The highest BCUT2D eigenvalue weighted by atomic mass is 15.0. The van der Waals surface area contributed by atoms with Crippen molar-refractivity contribution in [2.24, 2.45) is 0 Å². The van der Waals surface area contributed by atoms with E-state index in [1.165, 1.54) is 110 Å². The first-order valence-electron chi connectivity index (χ1n) is 28.2. The summed E-state index contributed by atoms with van der Waals surface area (Å²) in [7, 11) is 0. The molecular formula is C78H50N4. The monoisotopic (exact) mass is 1040 g/mol. The van der Waals surface area contributed by atoms with E-state index >= 15 is 0 Å². The van der Waals surface area contributed by atoms with Gasteiger partial charge in [0.05, 0.1) is 49.8 Å². The van der Waals surface area contributed by atoms with E-state index in [1.807, 2.05) is 0 Å². The number of nitrogens with zero attached hydrogens (tertiary/aromatic N) is 4. The Kier molecular flexibility index (Phi) is 10.3. The van der Waals surface area contributed by atoms with Gasteiger partial charge in [0, 0.05) is 71.3 Å². The largest absolute Gasteiger partial charge is 0.309 e. The highest BCUT2D eigenvalue weighted by Crippen LogP contribution is 2.46. The Morgan fingerprint density at radius 2 is 0.537 bits per heavy atom. The highest BCUT2D eigenvalue weighted by Gasteiger charge is 2.24. The average Bonchev–Trinajstić information content (AvgIpc) is 4.40. The van der Waals surface area contributed by atoms with E-state index in [0.29, 0.717) is 0 Å². The molecule has 13 aromatic carbocycles. The number of hydrogen-bond acceptors (Lipinski definition) is 0. The van der Waals surface area contributed by atoms with Crippen LogP contribution < -0.4 is 0 Å². The van der Waals surface area contributed by atoms with Crippen LogP contribution in [0.2, 0.25) is 0 Å². The topological polar surface area (TPSA) is 19.7 Å². The van der Waals surface area contributed by atoms with Crippen molar-refractivity contribution < 1.29 is 0 Å². The molecular weight excluding hydrogens is 993 g/mol. The molecule has 0 saturated heterocycles. The molecule has 17 rings (SSSR count). The summed E-state index contributed by atoms with van der Waals surface area (Å²) in [4.78, 5) is 0. The minimum Gasteiger partial charge on any atom is -0.309 e. The van der Waals surface area contributed by atoms with E-state index < -0.39 is 0 Å². The predicted octanol–water partition coefficient (Wildman–Crippen LogP) is 20.7. The van der Waals surface area contributed by atoms with Gasteiger partial charge >= 0.3 is 0 Å². The van der Waals surface area contributed by atoms with Crippen LogP contribution in [0, 0.1) is 0 Å². The number of para-hydroxylation sites is 6. The zero-order valence-corrected chi connectivity index (χ0v) is 44.7. The Balaban J connectivity index is 0.834. The Bertz CT molecular complexity index is 5330. The average molecular weight is 1040 g/mol. The van der Waals surface area contributed by atoms with Crippen LogP contribution in [-0.2, 0) is 0 Å². The molecule has 82 heavy (non-hydrogen) atoms. The third-order valence-electron chi connectivity index (χ3n) is 17.2. The Morgan fingerprint density at radius 1 is 0.171 bits per heavy atom. The van der Waals surface area contributed by atoms with Crippen molar-refractivity contribution in [3.63, 3.8) is 0 Å². The van der Waals surface area contributed by atoms with E-state index in [-0.39, 0.29) is 0 Å². The van der Waals surface area contributed by atoms with Gasteiger partial charge in [0.2, 0.25) is 0 Å². The molecule has 4 nitrogen and oxygen atoms in total. The van der Waals surface area contributed by atoms with Crippen LogP contribution in [0.4, 0.5) is 0 Å². The standard InChI is InChI=1S/C78H50N4/c1-3-20-51(21-4-1)52-40-43-56(44-41-52)79-71-36-14-10-29-65(71)68-50-58(45-47-75(68)79)81-72-37-15-9-28-64(72)67-49-55(42-46-74(67)81)59-31-19-39-76-77(59)66-30-11-16-38-73(66)82(76)78-60(53-22-5-2-6-23-53)32-18-33-61(78)54-24-17-25-57(48-54)80-69-34-12-7-26-62(69)63-27-8-13-35-70(63)80/h1-50H. The van der Waals surface area contributed by atoms with Crippen LogP contribution in [-0.4, -0.2) is 18.3 Å². The predicted molar refractivity (Wildman–Crippen MR) is 346 cm³/mol. The molecule has 0 aliphatic heterocycles. The fraction of sp³-hybridized carbons (Fsp3) is 0. The van der Waals surface area contributed by atoms with Crippen LogP contribution in [0.15, 0.2) is 303 Å². The lowest BCUT2D eigenvalue weighted by Gasteiger charge is -2.20. The van der Waals surface area contributed by atoms with Gasteiger partial charge < -0.3 is 18.3 Å². The molecule has 0 N–H and O–H groups in total. The van der Waals surface area contributed by atoms with Crippen molar-refractivity contribution in [3.8, 4) is 67.3 Å². The van der Waals surface area contributed by atoms with E-state index in [0.717, 1.165) is 44.9 Å². The maximum atomic E-state index is 2.54. The molecule has 0 fully saturated rings. The number of aromatic nitrogens is 4. The second-order valence-electron chi connectivity index (χ2n) is 21.6. The van der Waals surface area contributed by atoms with Gasteiger partial charge in [-0.25, -0.2) is 0 Å². The minimum absolute atomic E-state index is 1.13. The molecule has 4 heterocycles. The molecule has 0 aliphatic rings. The van der Waals surface area contributed by atoms with E-state index in [4.69, 9.17) is 0 Å². The van der Waals surface area contributed by atoms with Gasteiger partial charge in [-0.1, -0.05) is 212 Å². The third kappa shape index (κ3) is 6.98. The van der Waals surface area contributed by atoms with Gasteiger partial charge in [0.25, 0.3) is 0 Å². The first-order chi connectivity index (χ1) is 40.7. The summed E-state index contributed by atoms with van der Waals surface area (Å²) in [6.07, 6.45) is 0. The van der Waals surface area contributed by atoms with Crippen molar-refractivity contribution in [3.05, 3.63) is 303 Å². The van der Waals surface area contributed by atoms with Crippen molar-refractivity contribution >= 4 is 87.2 Å². The molecule has 0 spiro atoms. The lowest BCUT2D eigenvalue weighted by atomic mass is 9.95. The molecule has 4 aromatic heterocycles. The SMILES string of the molecule is c1ccc(-c2ccc(-n3c4ccccc4c4cc(-n5c6ccccc6c6cc(-c7cccc8c7c7ccccc7n8-c7c(-c8ccccc8)cccc7-c7cccc(-n8c9ccccc9c9ccccc98)c7)ccc65)ccc43)cc2)cc1. The molecule has 0 aliphatic carbocycles. The van der Waals surface area contributed by atoms with Crippen LogP contribution in [0.3, 0.4) is 0 Å². The quantitative estimate of drug-likeness (QED) is 0.145. The number of hydrogen-bond donors (Lipinski definition) is 0. The lowest BCUT2D eigenvalue weighted by Crippen LogP contribution is -2.01. The summed E-state index contributed by atoms with van der Waals surface area (Å²) in [6.45, 7) is 0. The second-order valence-corrected chi connectivity index (χ2v) is 21.6. The maximum Gasteiger partial charge on any atom is 0.0618 e. The fourth-order valence-electron chi connectivity index (χ4n) is 13.6. The number of fused-ring (bicyclic) bond motifs is 12. The molecule has 4 heteroatoms. The van der Waals surface area contributed by atoms with Crippen LogP contribution >= 0.6 is 0 Å². The molecule has 0 unspecified atom stereocenters. The smallest absolute Gasteiger partial charge is 0.0618 e. The van der Waals surface area contributed by atoms with Crippen LogP contribution in [0.1, 0.15) is 0 Å². The molecule has 0 bridgehead atoms. The molecule has 17 aromatic rings. The normalized spacial score (nSPS) is 11.9. The van der Waals surface area contributed by atoms with Crippen LogP contribution in [0.25, 0.3) is 154 Å². The second kappa shape index (κ2) is 18.3. The summed E-state index contributed by atoms with van der Waals surface area (Å²) < 4.78 is 9.82. The zero-order valence-electron chi connectivity index (χ0n) is 44.7. The van der Waals surface area contributed by atoms with Gasteiger partial charge in [-0.3, -0.25) is 0 Å². The Morgan fingerprint density at radius 3 is 1.16 bits per heavy atom. The minimum atomic E-state index is 1.13. The maximum absolute atomic E-state index is 2.54. The van der Waals surface area contributed by atoms with Crippen molar-refractivity contribution in [2.45, 2.75) is 0 Å². The van der Waals surface area contributed by atoms with Crippen molar-refractivity contribution in [1.29, 1.82) is 0 Å². The Labute approximate surface area is 473 Å². The van der Waals surface area contributed by atoms with Gasteiger partial charge in [-0.15, -0.1) is 0 Å². The van der Waals surface area contributed by atoms with E-state index in [1.54, 1.807) is 0 Å². The first-order valence-corrected chi connectivity index (χ1v) is 28.2. The van der Waals surface area contributed by atoms with E-state index in [2.05, 4.69) is 322 Å². The highest BCUT2D eigenvalue weighted by molar-refractivity contribution is 6.19. The van der Waals surface area contributed by atoms with Gasteiger partial charge in [-0.05, 0) is 124 Å². The van der Waals surface area contributed by atoms with Gasteiger partial charge in [0.15, 0.2) is 0 Å². The first kappa shape index (κ1) is 46.0. The van der Waals surface area contributed by atoms with Crippen molar-refractivity contribution in [1.82, 2.24) is 18.3 Å². The molecule has 0 radical (unpaired) electrons. The summed E-state index contributed by atoms with van der Waals surface area (Å²) in [5, 5.41) is 9.83. The summed E-state index contributed by atoms with van der Waals surface area (Å²) >= 11 is 0. The molecule has 0 saturated carbocycles. The molecule has 0 amide bonds. The van der Waals surface area contributed by atoms with E-state index in [9.17, 15) is 0 Å². The molecule has 0 atom stereocenters.